The molecule has 0 bridgehead atoms. The van der Waals surface area contributed by atoms with Crippen molar-refractivity contribution in [3.63, 3.8) is 0 Å². The lowest BCUT2D eigenvalue weighted by Crippen LogP contribution is -2.30. The maximum atomic E-state index is 11.3. The Morgan fingerprint density at radius 2 is 1.90 bits per heavy atom. The Morgan fingerprint density at radius 3 is 2.60 bits per heavy atom. The maximum absolute atomic E-state index is 11.3. The van der Waals surface area contributed by atoms with E-state index in [4.69, 9.17) is 4.74 Å². The standard InChI is InChI=1S/C26H31NO3/c1-4-30-21-10-9-20(24(15-21)18-5-7-19(8-6-18)26(28)29)14-23-16(2)13-17(3)25-22(23)11-12-27-25/h5-8,11-13,20-21,24,27H,4,9-10,14-15H2,1-3H3,(H,28,29)/t20-,21-,24-/m0/s1. The second kappa shape index (κ2) is 8.65. The number of aromatic carboxylic acids is 1. The number of hydrogen-bond donors (Lipinski definition) is 2. The van der Waals surface area contributed by atoms with E-state index in [0.29, 0.717) is 17.4 Å². The molecule has 1 saturated carbocycles. The zero-order chi connectivity index (χ0) is 21.3. The molecule has 0 aliphatic heterocycles. The summed E-state index contributed by atoms with van der Waals surface area (Å²) in [7, 11) is 0. The summed E-state index contributed by atoms with van der Waals surface area (Å²) in [6.45, 7) is 7.18. The van der Waals surface area contributed by atoms with Gasteiger partial charge >= 0.3 is 5.97 Å². The zero-order valence-electron chi connectivity index (χ0n) is 18.1. The topological polar surface area (TPSA) is 62.3 Å². The number of ether oxygens (including phenoxy) is 1. The highest BCUT2D eigenvalue weighted by Crippen LogP contribution is 2.42. The molecule has 2 aromatic carbocycles. The fourth-order valence-electron chi connectivity index (χ4n) is 5.28. The van der Waals surface area contributed by atoms with Gasteiger partial charge in [-0.05, 0) is 98.7 Å². The van der Waals surface area contributed by atoms with Crippen LogP contribution in [-0.4, -0.2) is 28.8 Å². The van der Waals surface area contributed by atoms with Crippen molar-refractivity contribution in [1.82, 2.24) is 4.98 Å². The molecule has 4 nitrogen and oxygen atoms in total. The Kier molecular flexibility index (Phi) is 5.96. The number of aryl methyl sites for hydroxylation is 2. The van der Waals surface area contributed by atoms with Gasteiger partial charge in [0.05, 0.1) is 11.7 Å². The number of rotatable bonds is 6. The number of H-pyrrole nitrogens is 1. The molecule has 1 aliphatic rings. The number of hydrogen-bond acceptors (Lipinski definition) is 2. The first-order valence-electron chi connectivity index (χ1n) is 11.0. The van der Waals surface area contributed by atoms with Gasteiger partial charge in [-0.2, -0.15) is 0 Å². The van der Waals surface area contributed by atoms with Gasteiger partial charge < -0.3 is 14.8 Å². The minimum atomic E-state index is -0.876. The molecular formula is C26H31NO3. The van der Waals surface area contributed by atoms with E-state index in [1.165, 1.54) is 33.2 Å². The third kappa shape index (κ3) is 4.01. The first-order valence-corrected chi connectivity index (χ1v) is 11.0. The number of aromatic nitrogens is 1. The van der Waals surface area contributed by atoms with Crippen LogP contribution in [0.5, 0.6) is 0 Å². The highest BCUT2D eigenvalue weighted by Gasteiger charge is 2.32. The molecule has 30 heavy (non-hydrogen) atoms. The third-order valence-electron chi connectivity index (χ3n) is 6.78. The number of benzene rings is 2. The van der Waals surface area contributed by atoms with Gasteiger partial charge in [-0.25, -0.2) is 4.79 Å². The number of nitrogens with one attached hydrogen (secondary N) is 1. The van der Waals surface area contributed by atoms with Crippen LogP contribution in [0, 0.1) is 19.8 Å². The van der Waals surface area contributed by atoms with Crippen LogP contribution in [-0.2, 0) is 11.2 Å². The van der Waals surface area contributed by atoms with Gasteiger partial charge in [0.1, 0.15) is 0 Å². The fourth-order valence-corrected chi connectivity index (χ4v) is 5.28. The second-order valence-corrected chi connectivity index (χ2v) is 8.64. The van der Waals surface area contributed by atoms with Crippen molar-refractivity contribution < 1.29 is 14.6 Å². The van der Waals surface area contributed by atoms with Crippen molar-refractivity contribution in [2.45, 2.75) is 58.5 Å². The maximum Gasteiger partial charge on any atom is 0.335 e. The molecule has 2 N–H and O–H groups in total. The van der Waals surface area contributed by atoms with Crippen molar-refractivity contribution in [2.24, 2.45) is 5.92 Å². The van der Waals surface area contributed by atoms with Gasteiger partial charge in [-0.3, -0.25) is 0 Å². The van der Waals surface area contributed by atoms with Gasteiger partial charge in [0.2, 0.25) is 0 Å². The van der Waals surface area contributed by atoms with E-state index in [1.807, 2.05) is 18.3 Å². The molecule has 1 fully saturated rings. The average molecular weight is 406 g/mol. The Balaban J connectivity index is 1.67. The number of carbonyl (C=O) groups is 1. The summed E-state index contributed by atoms with van der Waals surface area (Å²) in [5.41, 5.74) is 6.88. The lowest BCUT2D eigenvalue weighted by atomic mass is 9.71. The molecule has 0 saturated heterocycles. The molecule has 0 radical (unpaired) electrons. The molecule has 3 aromatic rings. The van der Waals surface area contributed by atoms with Crippen LogP contribution in [0.15, 0.2) is 42.6 Å². The Hall–Kier alpha value is -2.59. The highest BCUT2D eigenvalue weighted by molar-refractivity contribution is 5.88. The lowest BCUT2D eigenvalue weighted by molar-refractivity contribution is 0.0174. The molecular weight excluding hydrogens is 374 g/mol. The van der Waals surface area contributed by atoms with Crippen LogP contribution < -0.4 is 0 Å². The van der Waals surface area contributed by atoms with Crippen LogP contribution >= 0.6 is 0 Å². The lowest BCUT2D eigenvalue weighted by Gasteiger charge is -2.37. The van der Waals surface area contributed by atoms with Crippen LogP contribution in [0.1, 0.15) is 64.7 Å². The van der Waals surface area contributed by atoms with E-state index >= 15 is 0 Å². The van der Waals surface area contributed by atoms with Crippen molar-refractivity contribution in [3.8, 4) is 0 Å². The van der Waals surface area contributed by atoms with Crippen molar-refractivity contribution in [1.29, 1.82) is 0 Å². The molecule has 1 aliphatic carbocycles. The Labute approximate surface area is 178 Å². The number of aromatic amines is 1. The van der Waals surface area contributed by atoms with Gasteiger partial charge in [-0.1, -0.05) is 18.2 Å². The molecule has 3 atom stereocenters. The molecule has 0 unspecified atom stereocenters. The Morgan fingerprint density at radius 1 is 1.13 bits per heavy atom. The SMILES string of the molecule is CCO[C@H]1CC[C@@H](Cc2c(C)cc(C)c3[nH]ccc23)[C@H](c2ccc(C(=O)O)cc2)C1. The van der Waals surface area contributed by atoms with Crippen molar-refractivity contribution >= 4 is 16.9 Å². The van der Waals surface area contributed by atoms with E-state index in [2.05, 4.69) is 37.9 Å². The predicted octanol–water partition coefficient (Wildman–Crippen LogP) is 6.01. The summed E-state index contributed by atoms with van der Waals surface area (Å²) < 4.78 is 5.99. The second-order valence-electron chi connectivity index (χ2n) is 8.64. The summed E-state index contributed by atoms with van der Waals surface area (Å²) in [5, 5.41) is 10.6. The van der Waals surface area contributed by atoms with E-state index in [0.717, 1.165) is 32.3 Å². The van der Waals surface area contributed by atoms with Crippen molar-refractivity contribution in [2.75, 3.05) is 6.61 Å². The highest BCUT2D eigenvalue weighted by atomic mass is 16.5. The molecule has 1 aromatic heterocycles. The molecule has 4 heteroatoms. The fraction of sp³-hybridized carbons (Fsp3) is 0.423. The van der Waals surface area contributed by atoms with E-state index in [-0.39, 0.29) is 6.10 Å². The smallest absolute Gasteiger partial charge is 0.335 e. The minimum absolute atomic E-state index is 0.279. The largest absolute Gasteiger partial charge is 0.478 e. The van der Waals surface area contributed by atoms with E-state index in [9.17, 15) is 9.90 Å². The first-order chi connectivity index (χ1) is 14.5. The number of fused-ring (bicyclic) bond motifs is 1. The third-order valence-corrected chi connectivity index (χ3v) is 6.78. The van der Waals surface area contributed by atoms with Crippen LogP contribution in [0.3, 0.4) is 0 Å². The minimum Gasteiger partial charge on any atom is -0.478 e. The van der Waals surface area contributed by atoms with Crippen LogP contribution in [0.25, 0.3) is 10.9 Å². The predicted molar refractivity (Wildman–Crippen MR) is 120 cm³/mol. The van der Waals surface area contributed by atoms with Gasteiger partial charge in [-0.15, -0.1) is 0 Å². The molecule has 4 rings (SSSR count). The molecule has 1 heterocycles. The van der Waals surface area contributed by atoms with E-state index < -0.39 is 5.97 Å². The van der Waals surface area contributed by atoms with Crippen LogP contribution in [0.4, 0.5) is 0 Å². The van der Waals surface area contributed by atoms with Gasteiger partial charge in [0.15, 0.2) is 0 Å². The first kappa shape index (κ1) is 20.7. The number of carboxylic acid groups (broad SMARTS) is 1. The monoisotopic (exact) mass is 405 g/mol. The summed E-state index contributed by atoms with van der Waals surface area (Å²) in [6, 6.07) is 12.0. The normalized spacial score (nSPS) is 21.8. The molecule has 0 amide bonds. The van der Waals surface area contributed by atoms with Gasteiger partial charge in [0.25, 0.3) is 0 Å². The van der Waals surface area contributed by atoms with Gasteiger partial charge in [0, 0.05) is 23.7 Å². The van der Waals surface area contributed by atoms with Crippen molar-refractivity contribution in [3.05, 3.63) is 70.4 Å². The average Bonchev–Trinajstić information content (AvgIpc) is 3.22. The molecule has 0 spiro atoms. The summed E-state index contributed by atoms with van der Waals surface area (Å²) >= 11 is 0. The zero-order valence-corrected chi connectivity index (χ0v) is 18.1. The summed E-state index contributed by atoms with van der Waals surface area (Å²) in [5.74, 6) is 0.00352. The summed E-state index contributed by atoms with van der Waals surface area (Å²) in [4.78, 5) is 14.7. The van der Waals surface area contributed by atoms with E-state index in [1.54, 1.807) is 12.1 Å². The Bertz CT molecular complexity index is 1030. The number of carboxylic acids is 1. The summed E-state index contributed by atoms with van der Waals surface area (Å²) in [6.07, 6.45) is 6.55. The molecule has 158 valence electrons. The van der Waals surface area contributed by atoms with Crippen LogP contribution in [0.2, 0.25) is 0 Å². The quantitative estimate of drug-likeness (QED) is 0.527.